The molecule has 0 fully saturated rings. The van der Waals surface area contributed by atoms with Crippen molar-refractivity contribution >= 4 is 10.9 Å². The van der Waals surface area contributed by atoms with Crippen molar-refractivity contribution in [3.05, 3.63) is 84.2 Å². The van der Waals surface area contributed by atoms with Gasteiger partial charge in [-0.2, -0.15) is 0 Å². The Kier molecular flexibility index (Phi) is 5.03. The van der Waals surface area contributed by atoms with Crippen LogP contribution in [0.5, 0.6) is 0 Å². The molecule has 0 atom stereocenters. The van der Waals surface area contributed by atoms with E-state index >= 15 is 0 Å². The Hall–Kier alpha value is -2.91. The molecule has 0 saturated carbocycles. The van der Waals surface area contributed by atoms with Crippen LogP contribution in [0.4, 0.5) is 4.39 Å². The zero-order valence-electron chi connectivity index (χ0n) is 15.2. The summed E-state index contributed by atoms with van der Waals surface area (Å²) in [4.78, 5) is 3.46. The highest BCUT2D eigenvalue weighted by Gasteiger charge is 2.16. The van der Waals surface area contributed by atoms with E-state index in [2.05, 4.69) is 35.3 Å². The standard InChI is InChI=1S/C24H23FN2/c25-22-12-5-4-11-20(22)24-19(10-6-7-15-26)21-16-18(13-14-23(21)27-24)17-8-2-1-3-9-17/h1-5,8-9,11-14,16,27H,6-7,10,15,26H2. The van der Waals surface area contributed by atoms with Gasteiger partial charge in [-0.25, -0.2) is 4.39 Å². The number of benzene rings is 3. The lowest BCUT2D eigenvalue weighted by Gasteiger charge is -2.07. The molecule has 0 aliphatic carbocycles. The fourth-order valence-corrected chi connectivity index (χ4v) is 3.66. The Labute approximate surface area is 158 Å². The minimum atomic E-state index is -0.201. The second-order valence-corrected chi connectivity index (χ2v) is 6.83. The van der Waals surface area contributed by atoms with Crippen molar-refractivity contribution in [2.24, 2.45) is 5.73 Å². The van der Waals surface area contributed by atoms with Gasteiger partial charge in [0, 0.05) is 16.5 Å². The number of aryl methyl sites for hydroxylation is 1. The van der Waals surface area contributed by atoms with E-state index in [1.807, 2.05) is 30.3 Å². The van der Waals surface area contributed by atoms with Crippen LogP contribution in [-0.2, 0) is 6.42 Å². The fourth-order valence-electron chi connectivity index (χ4n) is 3.66. The summed E-state index contributed by atoms with van der Waals surface area (Å²) in [7, 11) is 0. The summed E-state index contributed by atoms with van der Waals surface area (Å²) >= 11 is 0. The molecular formula is C24H23FN2. The Bertz CT molecular complexity index is 1050. The van der Waals surface area contributed by atoms with E-state index in [4.69, 9.17) is 5.73 Å². The number of aromatic nitrogens is 1. The molecule has 0 spiro atoms. The van der Waals surface area contributed by atoms with Crippen LogP contribution in [0.3, 0.4) is 0 Å². The molecule has 0 aliphatic heterocycles. The van der Waals surface area contributed by atoms with Crippen LogP contribution in [0, 0.1) is 5.82 Å². The number of fused-ring (bicyclic) bond motifs is 1. The van der Waals surface area contributed by atoms with Crippen molar-refractivity contribution in [3.8, 4) is 22.4 Å². The van der Waals surface area contributed by atoms with E-state index in [-0.39, 0.29) is 5.82 Å². The number of nitrogens with two attached hydrogens (primary N) is 1. The molecule has 1 heterocycles. The number of rotatable bonds is 6. The molecule has 0 amide bonds. The first-order valence-corrected chi connectivity index (χ1v) is 9.43. The summed E-state index contributed by atoms with van der Waals surface area (Å²) in [6, 6.07) is 23.7. The molecule has 4 rings (SSSR count). The summed E-state index contributed by atoms with van der Waals surface area (Å²) in [5.74, 6) is -0.201. The van der Waals surface area contributed by atoms with Gasteiger partial charge in [0.2, 0.25) is 0 Å². The largest absolute Gasteiger partial charge is 0.354 e. The third-order valence-corrected chi connectivity index (χ3v) is 5.04. The third-order valence-electron chi connectivity index (χ3n) is 5.04. The van der Waals surface area contributed by atoms with Crippen molar-refractivity contribution in [1.82, 2.24) is 4.98 Å². The molecule has 136 valence electrons. The lowest BCUT2D eigenvalue weighted by molar-refractivity contribution is 0.630. The van der Waals surface area contributed by atoms with E-state index < -0.39 is 0 Å². The SMILES string of the molecule is NCCCCc1c(-c2ccccc2F)[nH]c2ccc(-c3ccccc3)cc12. The first-order valence-electron chi connectivity index (χ1n) is 9.43. The molecule has 1 aromatic heterocycles. The van der Waals surface area contributed by atoms with Crippen LogP contribution in [0.2, 0.25) is 0 Å². The molecule has 0 radical (unpaired) electrons. The van der Waals surface area contributed by atoms with Crippen molar-refractivity contribution < 1.29 is 4.39 Å². The molecule has 0 aliphatic rings. The average molecular weight is 358 g/mol. The smallest absolute Gasteiger partial charge is 0.132 e. The van der Waals surface area contributed by atoms with Gasteiger partial charge >= 0.3 is 0 Å². The van der Waals surface area contributed by atoms with Crippen LogP contribution >= 0.6 is 0 Å². The van der Waals surface area contributed by atoms with Gasteiger partial charge in [-0.1, -0.05) is 48.5 Å². The minimum absolute atomic E-state index is 0.201. The minimum Gasteiger partial charge on any atom is -0.354 e. The summed E-state index contributed by atoms with van der Waals surface area (Å²) in [5.41, 5.74) is 11.7. The maximum Gasteiger partial charge on any atom is 0.132 e. The van der Waals surface area contributed by atoms with Crippen LogP contribution in [0.1, 0.15) is 18.4 Å². The summed E-state index contributed by atoms with van der Waals surface area (Å²) in [5, 5.41) is 1.16. The van der Waals surface area contributed by atoms with Gasteiger partial charge in [-0.05, 0) is 66.8 Å². The Morgan fingerprint density at radius 1 is 0.815 bits per heavy atom. The van der Waals surface area contributed by atoms with Gasteiger partial charge in [-0.3, -0.25) is 0 Å². The maximum absolute atomic E-state index is 14.5. The highest BCUT2D eigenvalue weighted by molar-refractivity contribution is 5.93. The second-order valence-electron chi connectivity index (χ2n) is 6.83. The topological polar surface area (TPSA) is 41.8 Å². The number of halogens is 1. The van der Waals surface area contributed by atoms with Crippen molar-refractivity contribution in [2.75, 3.05) is 6.54 Å². The van der Waals surface area contributed by atoms with Gasteiger partial charge in [0.25, 0.3) is 0 Å². The van der Waals surface area contributed by atoms with E-state index in [1.54, 1.807) is 6.07 Å². The number of hydrogen-bond donors (Lipinski definition) is 2. The normalized spacial score (nSPS) is 11.2. The zero-order chi connectivity index (χ0) is 18.6. The van der Waals surface area contributed by atoms with Gasteiger partial charge in [-0.15, -0.1) is 0 Å². The summed E-state index contributed by atoms with van der Waals surface area (Å²) in [6.45, 7) is 0.673. The molecule has 3 heteroatoms. The number of unbranched alkanes of at least 4 members (excludes halogenated alkanes) is 1. The molecule has 3 N–H and O–H groups in total. The van der Waals surface area contributed by atoms with Crippen molar-refractivity contribution in [1.29, 1.82) is 0 Å². The lowest BCUT2D eigenvalue weighted by atomic mass is 9.97. The molecule has 4 aromatic rings. The monoisotopic (exact) mass is 358 g/mol. The van der Waals surface area contributed by atoms with Crippen molar-refractivity contribution in [2.45, 2.75) is 19.3 Å². The lowest BCUT2D eigenvalue weighted by Crippen LogP contribution is -1.99. The summed E-state index contributed by atoms with van der Waals surface area (Å²) < 4.78 is 14.5. The Morgan fingerprint density at radius 2 is 1.59 bits per heavy atom. The molecule has 0 unspecified atom stereocenters. The van der Waals surface area contributed by atoms with Crippen molar-refractivity contribution in [3.63, 3.8) is 0 Å². The molecular weight excluding hydrogens is 335 g/mol. The number of nitrogens with one attached hydrogen (secondary N) is 1. The number of H-pyrrole nitrogens is 1. The second kappa shape index (κ2) is 7.77. The molecule has 3 aromatic carbocycles. The van der Waals surface area contributed by atoms with E-state index in [9.17, 15) is 4.39 Å². The van der Waals surface area contributed by atoms with Crippen LogP contribution in [0.15, 0.2) is 72.8 Å². The molecule has 0 saturated heterocycles. The third kappa shape index (κ3) is 3.51. The van der Waals surface area contributed by atoms with E-state index in [0.29, 0.717) is 12.1 Å². The van der Waals surface area contributed by atoms with Gasteiger partial charge in [0.15, 0.2) is 0 Å². The van der Waals surface area contributed by atoms with Gasteiger partial charge in [0.1, 0.15) is 5.82 Å². The first-order chi connectivity index (χ1) is 13.3. The average Bonchev–Trinajstić information content (AvgIpc) is 3.07. The number of aromatic amines is 1. The molecule has 27 heavy (non-hydrogen) atoms. The quantitative estimate of drug-likeness (QED) is 0.413. The highest BCUT2D eigenvalue weighted by atomic mass is 19.1. The van der Waals surface area contributed by atoms with E-state index in [1.165, 1.54) is 22.8 Å². The van der Waals surface area contributed by atoms with Gasteiger partial charge < -0.3 is 10.7 Å². The highest BCUT2D eigenvalue weighted by Crippen LogP contribution is 2.35. The first kappa shape index (κ1) is 17.5. The fraction of sp³-hybridized carbons (Fsp3) is 0.167. The summed E-state index contributed by atoms with van der Waals surface area (Å²) in [6.07, 6.45) is 2.82. The number of hydrogen-bond acceptors (Lipinski definition) is 1. The predicted octanol–water partition coefficient (Wildman–Crippen LogP) is 5.92. The Balaban J connectivity index is 1.87. The maximum atomic E-state index is 14.5. The van der Waals surface area contributed by atoms with Crippen LogP contribution in [0.25, 0.3) is 33.3 Å². The van der Waals surface area contributed by atoms with E-state index in [0.717, 1.165) is 35.9 Å². The molecule has 2 nitrogen and oxygen atoms in total. The Morgan fingerprint density at radius 3 is 2.37 bits per heavy atom. The van der Waals surface area contributed by atoms with Gasteiger partial charge in [0.05, 0.1) is 5.69 Å². The predicted molar refractivity (Wildman–Crippen MR) is 111 cm³/mol. The molecule has 0 bridgehead atoms. The zero-order valence-corrected chi connectivity index (χ0v) is 15.2. The van der Waals surface area contributed by atoms with Crippen LogP contribution in [-0.4, -0.2) is 11.5 Å². The van der Waals surface area contributed by atoms with Crippen LogP contribution < -0.4 is 5.73 Å².